The van der Waals surface area contributed by atoms with E-state index in [9.17, 15) is 9.59 Å². The minimum atomic E-state index is -0.973. The van der Waals surface area contributed by atoms with Crippen molar-refractivity contribution in [3.63, 3.8) is 0 Å². The predicted molar refractivity (Wildman–Crippen MR) is 70.3 cm³/mol. The van der Waals surface area contributed by atoms with Gasteiger partial charge in [0.15, 0.2) is 0 Å². The molecular weight excluding hydrogens is 246 g/mol. The summed E-state index contributed by atoms with van der Waals surface area (Å²) in [5, 5.41) is 11.7. The van der Waals surface area contributed by atoms with Gasteiger partial charge in [-0.2, -0.15) is 0 Å². The zero-order chi connectivity index (χ0) is 14.0. The van der Waals surface area contributed by atoms with Gasteiger partial charge in [0.2, 0.25) is 5.91 Å². The van der Waals surface area contributed by atoms with Gasteiger partial charge in [-0.15, -0.1) is 0 Å². The summed E-state index contributed by atoms with van der Waals surface area (Å²) < 4.78 is 5.37. The Morgan fingerprint density at radius 2 is 2.16 bits per heavy atom. The van der Waals surface area contributed by atoms with E-state index in [1.54, 1.807) is 19.1 Å². The van der Waals surface area contributed by atoms with E-state index < -0.39 is 5.97 Å². The Hall–Kier alpha value is -1.88. The summed E-state index contributed by atoms with van der Waals surface area (Å²) in [6.07, 6.45) is 0.837. The summed E-state index contributed by atoms with van der Waals surface area (Å²) in [5.74, 6) is -1.18. The predicted octanol–water partition coefficient (Wildman–Crippen LogP) is 2.06. The van der Waals surface area contributed by atoms with Gasteiger partial charge in [0.05, 0.1) is 24.2 Å². The highest BCUT2D eigenvalue weighted by Gasteiger charge is 2.28. The van der Waals surface area contributed by atoms with E-state index in [2.05, 4.69) is 5.32 Å². The SMILES string of the molecule is Cc1cc(C(=O)O)ccc1NC(=O)C1COC(C)C1. The van der Waals surface area contributed by atoms with Crippen LogP contribution in [0.2, 0.25) is 0 Å². The molecule has 1 amide bonds. The van der Waals surface area contributed by atoms with Gasteiger partial charge < -0.3 is 15.2 Å². The number of carboxylic acid groups (broad SMARTS) is 1. The fourth-order valence-corrected chi connectivity index (χ4v) is 2.17. The first-order valence-corrected chi connectivity index (χ1v) is 6.24. The lowest BCUT2D eigenvalue weighted by Gasteiger charge is -2.12. The molecule has 5 nitrogen and oxygen atoms in total. The lowest BCUT2D eigenvalue weighted by atomic mass is 10.0. The molecule has 1 aliphatic rings. The average molecular weight is 263 g/mol. The van der Waals surface area contributed by atoms with Crippen LogP contribution >= 0.6 is 0 Å². The lowest BCUT2D eigenvalue weighted by Crippen LogP contribution is -2.23. The van der Waals surface area contributed by atoms with Crippen LogP contribution in [0.1, 0.15) is 29.3 Å². The number of aryl methyl sites for hydroxylation is 1. The topological polar surface area (TPSA) is 75.6 Å². The molecule has 1 heterocycles. The highest BCUT2D eigenvalue weighted by atomic mass is 16.5. The Labute approximate surface area is 111 Å². The molecule has 1 saturated heterocycles. The molecule has 102 valence electrons. The molecule has 0 aliphatic carbocycles. The molecular formula is C14H17NO4. The van der Waals surface area contributed by atoms with Gasteiger partial charge in [-0.1, -0.05) is 0 Å². The van der Waals surface area contributed by atoms with Crippen molar-refractivity contribution in [2.75, 3.05) is 11.9 Å². The highest BCUT2D eigenvalue weighted by molar-refractivity contribution is 5.95. The minimum absolute atomic E-state index is 0.0736. The molecule has 0 bridgehead atoms. The summed E-state index contributed by atoms with van der Waals surface area (Å²) in [6.45, 7) is 4.16. The van der Waals surface area contributed by atoms with Crippen molar-refractivity contribution in [3.05, 3.63) is 29.3 Å². The van der Waals surface area contributed by atoms with Gasteiger partial charge in [0.1, 0.15) is 0 Å². The number of nitrogens with one attached hydrogen (secondary N) is 1. The smallest absolute Gasteiger partial charge is 0.335 e. The van der Waals surface area contributed by atoms with Gasteiger partial charge >= 0.3 is 5.97 Å². The summed E-state index contributed by atoms with van der Waals surface area (Å²) in [4.78, 5) is 22.9. The van der Waals surface area contributed by atoms with Crippen LogP contribution in [-0.4, -0.2) is 29.7 Å². The maximum Gasteiger partial charge on any atom is 0.335 e. The molecule has 2 rings (SSSR count). The molecule has 19 heavy (non-hydrogen) atoms. The van der Waals surface area contributed by atoms with Crippen LogP contribution in [0.3, 0.4) is 0 Å². The molecule has 0 saturated carbocycles. The monoisotopic (exact) mass is 263 g/mol. The van der Waals surface area contributed by atoms with E-state index in [1.165, 1.54) is 6.07 Å². The molecule has 1 aromatic rings. The first kappa shape index (κ1) is 13.5. The summed E-state index contributed by atoms with van der Waals surface area (Å²) in [5.41, 5.74) is 1.60. The zero-order valence-electron chi connectivity index (χ0n) is 11.0. The quantitative estimate of drug-likeness (QED) is 0.875. The summed E-state index contributed by atoms with van der Waals surface area (Å²) in [6, 6.07) is 4.65. The van der Waals surface area contributed by atoms with E-state index in [0.29, 0.717) is 12.3 Å². The molecule has 1 fully saturated rings. The Morgan fingerprint density at radius 1 is 1.42 bits per heavy atom. The third kappa shape index (κ3) is 3.12. The normalized spacial score (nSPS) is 22.2. The molecule has 0 radical (unpaired) electrons. The van der Waals surface area contributed by atoms with Gasteiger partial charge in [-0.3, -0.25) is 4.79 Å². The molecule has 2 unspecified atom stereocenters. The van der Waals surface area contributed by atoms with Gasteiger partial charge in [0.25, 0.3) is 0 Å². The second-order valence-electron chi connectivity index (χ2n) is 4.90. The van der Waals surface area contributed by atoms with Crippen LogP contribution in [0.5, 0.6) is 0 Å². The van der Waals surface area contributed by atoms with E-state index in [-0.39, 0.29) is 23.5 Å². The number of hydrogen-bond donors (Lipinski definition) is 2. The van der Waals surface area contributed by atoms with E-state index in [0.717, 1.165) is 12.0 Å². The van der Waals surface area contributed by atoms with E-state index >= 15 is 0 Å². The van der Waals surface area contributed by atoms with Crippen LogP contribution in [0, 0.1) is 12.8 Å². The van der Waals surface area contributed by atoms with Crippen molar-refractivity contribution in [2.24, 2.45) is 5.92 Å². The molecule has 5 heteroatoms. The first-order valence-electron chi connectivity index (χ1n) is 6.24. The van der Waals surface area contributed by atoms with Crippen molar-refractivity contribution in [1.29, 1.82) is 0 Å². The third-order valence-corrected chi connectivity index (χ3v) is 3.30. The number of ether oxygens (including phenoxy) is 1. The molecule has 0 spiro atoms. The van der Waals surface area contributed by atoms with Gasteiger partial charge in [-0.05, 0) is 44.0 Å². The third-order valence-electron chi connectivity index (χ3n) is 3.30. The number of carbonyl (C=O) groups is 2. The van der Waals surface area contributed by atoms with Crippen LogP contribution in [0.15, 0.2) is 18.2 Å². The Bertz CT molecular complexity index is 512. The Morgan fingerprint density at radius 3 is 2.68 bits per heavy atom. The fraction of sp³-hybridized carbons (Fsp3) is 0.429. The second kappa shape index (κ2) is 5.40. The molecule has 1 aliphatic heterocycles. The number of hydrogen-bond acceptors (Lipinski definition) is 3. The van der Waals surface area contributed by atoms with Crippen molar-refractivity contribution >= 4 is 17.6 Å². The summed E-state index contributed by atoms with van der Waals surface area (Å²) >= 11 is 0. The highest BCUT2D eigenvalue weighted by Crippen LogP contribution is 2.22. The van der Waals surface area contributed by atoms with Crippen LogP contribution in [0.4, 0.5) is 5.69 Å². The van der Waals surface area contributed by atoms with Crippen LogP contribution < -0.4 is 5.32 Å². The zero-order valence-corrected chi connectivity index (χ0v) is 11.0. The maximum atomic E-state index is 12.0. The van der Waals surface area contributed by atoms with Crippen LogP contribution in [-0.2, 0) is 9.53 Å². The number of rotatable bonds is 3. The van der Waals surface area contributed by atoms with Gasteiger partial charge in [0, 0.05) is 5.69 Å². The number of carboxylic acids is 1. The Balaban J connectivity index is 2.07. The van der Waals surface area contributed by atoms with Gasteiger partial charge in [-0.25, -0.2) is 4.79 Å². The van der Waals surface area contributed by atoms with Crippen molar-refractivity contribution in [2.45, 2.75) is 26.4 Å². The number of amides is 1. The number of carbonyl (C=O) groups excluding carboxylic acids is 1. The molecule has 1 aromatic carbocycles. The first-order chi connectivity index (χ1) is 8.97. The number of benzene rings is 1. The number of anilines is 1. The minimum Gasteiger partial charge on any atom is -0.478 e. The van der Waals surface area contributed by atoms with Crippen LogP contribution in [0.25, 0.3) is 0 Å². The molecule has 2 N–H and O–H groups in total. The average Bonchev–Trinajstić information content (AvgIpc) is 2.78. The standard InChI is InChI=1S/C14H17NO4/c1-8-5-10(14(17)18)3-4-12(8)15-13(16)11-6-9(2)19-7-11/h3-5,9,11H,6-7H2,1-2H3,(H,15,16)(H,17,18). The molecule has 0 aromatic heterocycles. The fourth-order valence-electron chi connectivity index (χ4n) is 2.17. The van der Waals surface area contributed by atoms with E-state index in [1.807, 2.05) is 6.92 Å². The number of aromatic carboxylic acids is 1. The maximum absolute atomic E-state index is 12.0. The van der Waals surface area contributed by atoms with Crippen molar-refractivity contribution < 1.29 is 19.4 Å². The Kier molecular flexibility index (Phi) is 3.85. The lowest BCUT2D eigenvalue weighted by molar-refractivity contribution is -0.119. The molecule has 2 atom stereocenters. The van der Waals surface area contributed by atoms with E-state index in [4.69, 9.17) is 9.84 Å². The van der Waals surface area contributed by atoms with Crippen molar-refractivity contribution in [1.82, 2.24) is 0 Å². The summed E-state index contributed by atoms with van der Waals surface area (Å²) in [7, 11) is 0. The second-order valence-corrected chi connectivity index (χ2v) is 4.90. The largest absolute Gasteiger partial charge is 0.478 e. The van der Waals surface area contributed by atoms with Crippen molar-refractivity contribution in [3.8, 4) is 0 Å².